The summed E-state index contributed by atoms with van der Waals surface area (Å²) in [6.45, 7) is 0. The highest BCUT2D eigenvalue weighted by atomic mass is 35.5. The Bertz CT molecular complexity index is 711. The van der Waals surface area contributed by atoms with E-state index in [1.54, 1.807) is 12.3 Å². The Kier molecular flexibility index (Phi) is 1.64. The second-order valence-corrected chi connectivity index (χ2v) is 3.88. The Balaban J connectivity index is 2.58. The quantitative estimate of drug-likeness (QED) is 0.599. The summed E-state index contributed by atoms with van der Waals surface area (Å²) in [5, 5.41) is 2.62. The predicted molar refractivity (Wildman–Crippen MR) is 61.4 cm³/mol. The SMILES string of the molecule is O=c1cc2c(c[nH]1)[nH]c1cc(Cl)ccc12. The van der Waals surface area contributed by atoms with E-state index in [0.717, 1.165) is 21.8 Å². The molecule has 15 heavy (non-hydrogen) atoms. The van der Waals surface area contributed by atoms with E-state index in [9.17, 15) is 4.79 Å². The lowest BCUT2D eigenvalue weighted by molar-refractivity contribution is 1.26. The monoisotopic (exact) mass is 218 g/mol. The van der Waals surface area contributed by atoms with Gasteiger partial charge >= 0.3 is 0 Å². The van der Waals surface area contributed by atoms with Gasteiger partial charge in [0, 0.05) is 33.6 Å². The molecule has 2 N–H and O–H groups in total. The van der Waals surface area contributed by atoms with Crippen molar-refractivity contribution in [2.75, 3.05) is 0 Å². The topological polar surface area (TPSA) is 48.6 Å². The summed E-state index contributed by atoms with van der Waals surface area (Å²) in [6.07, 6.45) is 1.67. The molecule has 2 heterocycles. The second kappa shape index (κ2) is 2.87. The number of halogens is 1. The van der Waals surface area contributed by atoms with Gasteiger partial charge in [-0.1, -0.05) is 17.7 Å². The standard InChI is InChI=1S/C11H7ClN2O/c12-6-1-2-7-8-4-11(15)13-5-10(8)14-9(7)3-6/h1-5,14H,(H,13,15). The number of benzene rings is 1. The highest BCUT2D eigenvalue weighted by Gasteiger charge is 2.04. The van der Waals surface area contributed by atoms with Gasteiger partial charge in [-0.25, -0.2) is 0 Å². The molecule has 0 aliphatic carbocycles. The zero-order chi connectivity index (χ0) is 10.4. The first kappa shape index (κ1) is 8.56. The van der Waals surface area contributed by atoms with Crippen LogP contribution >= 0.6 is 11.6 Å². The van der Waals surface area contributed by atoms with Crippen LogP contribution in [0.4, 0.5) is 0 Å². The molecule has 0 amide bonds. The average molecular weight is 219 g/mol. The van der Waals surface area contributed by atoms with Gasteiger partial charge in [-0.2, -0.15) is 0 Å². The van der Waals surface area contributed by atoms with Crippen molar-refractivity contribution in [3.8, 4) is 0 Å². The number of aromatic nitrogens is 2. The molecule has 0 bridgehead atoms. The molecule has 0 saturated heterocycles. The average Bonchev–Trinajstić information content (AvgIpc) is 2.54. The minimum atomic E-state index is -0.0987. The first-order chi connectivity index (χ1) is 7.24. The predicted octanol–water partition coefficient (Wildman–Crippen LogP) is 2.66. The lowest BCUT2D eigenvalue weighted by atomic mass is 10.2. The van der Waals surface area contributed by atoms with Crippen LogP contribution in [-0.2, 0) is 0 Å². The van der Waals surface area contributed by atoms with Gasteiger partial charge in [-0.15, -0.1) is 0 Å². The molecular formula is C11H7ClN2O. The fourth-order valence-corrected chi connectivity index (χ4v) is 1.97. The van der Waals surface area contributed by atoms with Crippen molar-refractivity contribution in [2.24, 2.45) is 0 Å². The van der Waals surface area contributed by atoms with Crippen molar-refractivity contribution in [3.63, 3.8) is 0 Å². The smallest absolute Gasteiger partial charge is 0.248 e. The zero-order valence-corrected chi connectivity index (χ0v) is 8.43. The lowest BCUT2D eigenvalue weighted by Gasteiger charge is -1.90. The molecule has 4 heteroatoms. The molecule has 0 aliphatic heterocycles. The van der Waals surface area contributed by atoms with E-state index in [0.29, 0.717) is 5.02 Å². The van der Waals surface area contributed by atoms with Crippen molar-refractivity contribution >= 4 is 33.4 Å². The van der Waals surface area contributed by atoms with Crippen molar-refractivity contribution in [1.82, 2.24) is 9.97 Å². The maximum Gasteiger partial charge on any atom is 0.248 e. The number of rotatable bonds is 0. The van der Waals surface area contributed by atoms with E-state index in [-0.39, 0.29) is 5.56 Å². The third-order valence-corrected chi connectivity index (χ3v) is 2.70. The number of H-pyrrole nitrogens is 2. The van der Waals surface area contributed by atoms with Crippen LogP contribution in [0.15, 0.2) is 35.3 Å². The van der Waals surface area contributed by atoms with E-state index in [1.165, 1.54) is 0 Å². The summed E-state index contributed by atoms with van der Waals surface area (Å²) >= 11 is 5.89. The molecule has 1 aromatic carbocycles. The maximum atomic E-state index is 11.2. The van der Waals surface area contributed by atoms with E-state index in [2.05, 4.69) is 9.97 Å². The van der Waals surface area contributed by atoms with E-state index in [4.69, 9.17) is 11.6 Å². The maximum absolute atomic E-state index is 11.2. The number of hydrogen-bond donors (Lipinski definition) is 2. The molecule has 0 unspecified atom stereocenters. The lowest BCUT2D eigenvalue weighted by Crippen LogP contribution is -2.00. The first-order valence-corrected chi connectivity index (χ1v) is 4.91. The molecule has 0 saturated carbocycles. The normalized spacial score (nSPS) is 11.3. The Morgan fingerprint density at radius 3 is 2.80 bits per heavy atom. The molecule has 0 fully saturated rings. The van der Waals surface area contributed by atoms with Gasteiger partial charge in [-0.05, 0) is 12.1 Å². The van der Waals surface area contributed by atoms with Crippen LogP contribution in [0.1, 0.15) is 0 Å². The molecule has 3 nitrogen and oxygen atoms in total. The summed E-state index contributed by atoms with van der Waals surface area (Å²) in [4.78, 5) is 17.0. The van der Waals surface area contributed by atoms with Crippen LogP contribution in [-0.4, -0.2) is 9.97 Å². The fraction of sp³-hybridized carbons (Fsp3) is 0. The zero-order valence-electron chi connectivity index (χ0n) is 7.67. The van der Waals surface area contributed by atoms with Gasteiger partial charge in [0.1, 0.15) is 0 Å². The van der Waals surface area contributed by atoms with Gasteiger partial charge in [-0.3, -0.25) is 4.79 Å². The molecule has 0 radical (unpaired) electrons. The van der Waals surface area contributed by atoms with Crippen molar-refractivity contribution < 1.29 is 0 Å². The molecule has 0 aliphatic rings. The molecular weight excluding hydrogens is 212 g/mol. The van der Waals surface area contributed by atoms with Crippen LogP contribution < -0.4 is 5.56 Å². The van der Waals surface area contributed by atoms with E-state index >= 15 is 0 Å². The van der Waals surface area contributed by atoms with Crippen LogP contribution in [0.25, 0.3) is 21.8 Å². The van der Waals surface area contributed by atoms with E-state index in [1.807, 2.05) is 18.2 Å². The first-order valence-electron chi connectivity index (χ1n) is 4.54. The van der Waals surface area contributed by atoms with Gasteiger partial charge in [0.25, 0.3) is 0 Å². The number of nitrogens with one attached hydrogen (secondary N) is 2. The van der Waals surface area contributed by atoms with Crippen LogP contribution in [0.5, 0.6) is 0 Å². The minimum Gasteiger partial charge on any atom is -0.353 e. The Morgan fingerprint density at radius 1 is 1.07 bits per heavy atom. The highest BCUT2D eigenvalue weighted by Crippen LogP contribution is 2.25. The molecule has 0 atom stereocenters. The highest BCUT2D eigenvalue weighted by molar-refractivity contribution is 6.31. The Hall–Kier alpha value is -1.74. The molecule has 3 aromatic rings. The van der Waals surface area contributed by atoms with Gasteiger partial charge in [0.05, 0.1) is 5.52 Å². The third-order valence-electron chi connectivity index (χ3n) is 2.47. The molecule has 0 spiro atoms. The molecule has 74 valence electrons. The van der Waals surface area contributed by atoms with Crippen LogP contribution in [0.2, 0.25) is 5.02 Å². The third kappa shape index (κ3) is 1.24. The fourth-order valence-electron chi connectivity index (χ4n) is 1.80. The van der Waals surface area contributed by atoms with Gasteiger partial charge in [0.2, 0.25) is 5.56 Å². The van der Waals surface area contributed by atoms with Crippen LogP contribution in [0.3, 0.4) is 0 Å². The number of hydrogen-bond acceptors (Lipinski definition) is 1. The van der Waals surface area contributed by atoms with Crippen molar-refractivity contribution in [1.29, 1.82) is 0 Å². The summed E-state index contributed by atoms with van der Waals surface area (Å²) in [6, 6.07) is 7.16. The van der Waals surface area contributed by atoms with E-state index < -0.39 is 0 Å². The summed E-state index contributed by atoms with van der Waals surface area (Å²) in [7, 11) is 0. The minimum absolute atomic E-state index is 0.0987. The number of pyridine rings is 1. The summed E-state index contributed by atoms with van der Waals surface area (Å²) in [5.41, 5.74) is 1.75. The largest absolute Gasteiger partial charge is 0.353 e. The summed E-state index contributed by atoms with van der Waals surface area (Å²) < 4.78 is 0. The van der Waals surface area contributed by atoms with Crippen LogP contribution in [0, 0.1) is 0 Å². The molecule has 3 rings (SSSR count). The summed E-state index contributed by atoms with van der Waals surface area (Å²) in [5.74, 6) is 0. The Morgan fingerprint density at radius 2 is 1.93 bits per heavy atom. The number of fused-ring (bicyclic) bond motifs is 3. The van der Waals surface area contributed by atoms with Crippen molar-refractivity contribution in [3.05, 3.63) is 45.8 Å². The number of aromatic amines is 2. The molecule has 2 aromatic heterocycles. The van der Waals surface area contributed by atoms with Gasteiger partial charge < -0.3 is 9.97 Å². The second-order valence-electron chi connectivity index (χ2n) is 3.44. The Labute approximate surface area is 89.7 Å². The van der Waals surface area contributed by atoms with Gasteiger partial charge in [0.15, 0.2) is 0 Å². The van der Waals surface area contributed by atoms with Crippen molar-refractivity contribution in [2.45, 2.75) is 0 Å².